The second-order valence-electron chi connectivity index (χ2n) is 7.60. The van der Waals surface area contributed by atoms with E-state index in [0.29, 0.717) is 16.4 Å². The molecule has 0 unspecified atom stereocenters. The Labute approximate surface area is 191 Å². The molecule has 1 aromatic heterocycles. The van der Waals surface area contributed by atoms with E-state index in [-0.39, 0.29) is 5.91 Å². The molecule has 0 atom stereocenters. The number of benzene rings is 4. The normalized spacial score (nSPS) is 10.9. The molecule has 0 spiro atoms. The van der Waals surface area contributed by atoms with E-state index >= 15 is 0 Å². The van der Waals surface area contributed by atoms with E-state index in [9.17, 15) is 4.79 Å². The van der Waals surface area contributed by atoms with Crippen molar-refractivity contribution < 1.29 is 4.79 Å². The maximum Gasteiger partial charge on any atom is 0.276 e. The zero-order valence-corrected chi connectivity index (χ0v) is 18.2. The number of hydrogen-bond donors (Lipinski definition) is 1. The Bertz CT molecular complexity index is 1430. The van der Waals surface area contributed by atoms with Crippen LogP contribution >= 0.6 is 11.6 Å². The molecular weight excluding hydrogens is 418 g/mol. The van der Waals surface area contributed by atoms with Gasteiger partial charge in [-0.15, -0.1) is 0 Å². The molecule has 0 fully saturated rings. The maximum absolute atomic E-state index is 13.1. The zero-order chi connectivity index (χ0) is 22.1. The zero-order valence-electron chi connectivity index (χ0n) is 17.4. The third kappa shape index (κ3) is 3.77. The van der Waals surface area contributed by atoms with Crippen LogP contribution in [0.5, 0.6) is 0 Å². The van der Waals surface area contributed by atoms with Gasteiger partial charge in [-0.25, -0.2) is 4.68 Å². The minimum Gasteiger partial charge on any atom is -0.321 e. The van der Waals surface area contributed by atoms with Gasteiger partial charge < -0.3 is 5.32 Å². The van der Waals surface area contributed by atoms with E-state index in [1.54, 1.807) is 24.3 Å². The van der Waals surface area contributed by atoms with E-state index in [0.717, 1.165) is 33.3 Å². The Morgan fingerprint density at radius 3 is 2.41 bits per heavy atom. The molecule has 32 heavy (non-hydrogen) atoms. The second kappa shape index (κ2) is 8.33. The van der Waals surface area contributed by atoms with Crippen LogP contribution in [0.1, 0.15) is 16.1 Å². The van der Waals surface area contributed by atoms with E-state index in [2.05, 4.69) is 29.6 Å². The number of para-hydroxylation sites is 1. The number of aryl methyl sites for hydroxylation is 1. The average molecular weight is 438 g/mol. The van der Waals surface area contributed by atoms with Gasteiger partial charge in [0.2, 0.25) is 0 Å². The summed E-state index contributed by atoms with van der Waals surface area (Å²) < 4.78 is 1.86. The summed E-state index contributed by atoms with van der Waals surface area (Å²) in [5, 5.41) is 10.5. The first-order valence-electron chi connectivity index (χ1n) is 10.3. The molecule has 5 aromatic rings. The van der Waals surface area contributed by atoms with Gasteiger partial charge in [0.25, 0.3) is 5.91 Å². The quantitative estimate of drug-likeness (QED) is 0.332. The number of carbonyl (C=O) groups excluding carboxylic acids is 1. The number of rotatable bonds is 4. The Morgan fingerprint density at radius 2 is 1.59 bits per heavy atom. The highest BCUT2D eigenvalue weighted by Crippen LogP contribution is 2.32. The molecule has 0 radical (unpaired) electrons. The van der Waals surface area contributed by atoms with Crippen molar-refractivity contribution in [3.63, 3.8) is 0 Å². The molecule has 4 nitrogen and oxygen atoms in total. The van der Waals surface area contributed by atoms with Crippen molar-refractivity contribution in [2.24, 2.45) is 0 Å². The predicted octanol–water partition coefficient (Wildman–Crippen LogP) is 6.91. The first-order valence-corrected chi connectivity index (χ1v) is 10.7. The topological polar surface area (TPSA) is 46.9 Å². The Hall–Kier alpha value is -3.89. The molecule has 0 aliphatic rings. The molecular formula is C27H20ClN3O. The summed E-state index contributed by atoms with van der Waals surface area (Å²) in [7, 11) is 0. The van der Waals surface area contributed by atoms with Crippen LogP contribution in [0.4, 0.5) is 5.69 Å². The molecule has 0 saturated carbocycles. The van der Waals surface area contributed by atoms with Crippen molar-refractivity contribution in [1.29, 1.82) is 0 Å². The van der Waals surface area contributed by atoms with Gasteiger partial charge in [0.1, 0.15) is 0 Å². The molecule has 0 bridgehead atoms. The van der Waals surface area contributed by atoms with Crippen LogP contribution < -0.4 is 5.32 Å². The van der Waals surface area contributed by atoms with E-state index in [1.807, 2.05) is 60.1 Å². The fraction of sp³-hybridized carbons (Fsp3) is 0.0370. The maximum atomic E-state index is 13.1. The smallest absolute Gasteiger partial charge is 0.276 e. The molecule has 4 aromatic carbocycles. The number of amides is 1. The molecule has 1 heterocycles. The highest BCUT2D eigenvalue weighted by molar-refractivity contribution is 6.30. The van der Waals surface area contributed by atoms with Crippen molar-refractivity contribution in [2.75, 3.05) is 5.32 Å². The lowest BCUT2D eigenvalue weighted by molar-refractivity contribution is 0.102. The van der Waals surface area contributed by atoms with Crippen molar-refractivity contribution in [3.8, 4) is 16.9 Å². The fourth-order valence-corrected chi connectivity index (χ4v) is 3.97. The second-order valence-corrected chi connectivity index (χ2v) is 8.04. The van der Waals surface area contributed by atoms with Gasteiger partial charge in [-0.1, -0.05) is 72.3 Å². The highest BCUT2D eigenvalue weighted by Gasteiger charge is 2.19. The van der Waals surface area contributed by atoms with Crippen molar-refractivity contribution in [2.45, 2.75) is 6.92 Å². The molecule has 5 rings (SSSR count). The van der Waals surface area contributed by atoms with Crippen molar-refractivity contribution >= 4 is 34.0 Å². The third-order valence-corrected chi connectivity index (χ3v) is 5.71. The summed E-state index contributed by atoms with van der Waals surface area (Å²) in [6.45, 7) is 2.04. The Kier molecular flexibility index (Phi) is 5.21. The summed E-state index contributed by atoms with van der Waals surface area (Å²) in [5.41, 5.74) is 4.88. The number of nitrogens with one attached hydrogen (secondary N) is 1. The summed E-state index contributed by atoms with van der Waals surface area (Å²) in [6, 6.07) is 31.3. The Morgan fingerprint density at radius 1 is 0.875 bits per heavy atom. The van der Waals surface area contributed by atoms with Crippen LogP contribution in [-0.2, 0) is 0 Å². The Balaban J connectivity index is 1.65. The van der Waals surface area contributed by atoms with E-state index < -0.39 is 0 Å². The van der Waals surface area contributed by atoms with Crippen molar-refractivity contribution in [1.82, 2.24) is 9.78 Å². The lowest BCUT2D eigenvalue weighted by Crippen LogP contribution is -2.13. The van der Waals surface area contributed by atoms with E-state index in [1.165, 1.54) is 0 Å². The molecule has 1 amide bonds. The minimum atomic E-state index is -0.277. The van der Waals surface area contributed by atoms with Crippen LogP contribution in [0.25, 0.3) is 27.7 Å². The van der Waals surface area contributed by atoms with Gasteiger partial charge in [-0.05, 0) is 59.7 Å². The molecule has 1 N–H and O–H groups in total. The minimum absolute atomic E-state index is 0.277. The first kappa shape index (κ1) is 20.0. The van der Waals surface area contributed by atoms with Gasteiger partial charge >= 0.3 is 0 Å². The van der Waals surface area contributed by atoms with Crippen LogP contribution in [0.3, 0.4) is 0 Å². The largest absolute Gasteiger partial charge is 0.321 e. The molecule has 5 heteroatoms. The monoisotopic (exact) mass is 437 g/mol. The van der Waals surface area contributed by atoms with Gasteiger partial charge in [0, 0.05) is 16.3 Å². The standard InChI is InChI=1S/C27H20ClN3O/c1-18-7-2-5-12-25(18)31-26(23-11-6-9-19-8-3-4-10-22(19)23)17-24(30-31)27(32)29-21-15-13-20(28)14-16-21/h2-17H,1H3,(H,29,32). The van der Waals surface area contributed by atoms with Gasteiger partial charge in [0.05, 0.1) is 11.4 Å². The highest BCUT2D eigenvalue weighted by atomic mass is 35.5. The van der Waals surface area contributed by atoms with Crippen LogP contribution in [0, 0.1) is 6.92 Å². The van der Waals surface area contributed by atoms with Crippen LogP contribution in [-0.4, -0.2) is 15.7 Å². The lowest BCUT2D eigenvalue weighted by atomic mass is 10.0. The summed E-state index contributed by atoms with van der Waals surface area (Å²) >= 11 is 5.96. The van der Waals surface area contributed by atoms with Crippen LogP contribution in [0.15, 0.2) is 97.1 Å². The number of hydrogen-bond acceptors (Lipinski definition) is 2. The summed E-state index contributed by atoms with van der Waals surface area (Å²) in [5.74, 6) is -0.277. The summed E-state index contributed by atoms with van der Waals surface area (Å²) in [6.07, 6.45) is 0. The number of carbonyl (C=O) groups is 1. The number of fused-ring (bicyclic) bond motifs is 1. The third-order valence-electron chi connectivity index (χ3n) is 5.45. The molecule has 0 saturated heterocycles. The van der Waals surface area contributed by atoms with Gasteiger partial charge in [-0.3, -0.25) is 4.79 Å². The number of halogens is 1. The average Bonchev–Trinajstić information content (AvgIpc) is 3.26. The molecule has 0 aliphatic carbocycles. The van der Waals surface area contributed by atoms with Gasteiger partial charge in [-0.2, -0.15) is 5.10 Å². The first-order chi connectivity index (χ1) is 15.6. The molecule has 0 aliphatic heterocycles. The van der Waals surface area contributed by atoms with E-state index in [4.69, 9.17) is 16.7 Å². The predicted molar refractivity (Wildman–Crippen MR) is 131 cm³/mol. The number of anilines is 1. The molecule has 156 valence electrons. The lowest BCUT2D eigenvalue weighted by Gasteiger charge is -2.12. The number of aromatic nitrogens is 2. The van der Waals surface area contributed by atoms with Gasteiger partial charge in [0.15, 0.2) is 5.69 Å². The van der Waals surface area contributed by atoms with Crippen LogP contribution in [0.2, 0.25) is 5.02 Å². The number of nitrogens with zero attached hydrogens (tertiary/aromatic N) is 2. The fourth-order valence-electron chi connectivity index (χ4n) is 3.85. The SMILES string of the molecule is Cc1ccccc1-n1nc(C(=O)Nc2ccc(Cl)cc2)cc1-c1cccc2ccccc12. The van der Waals surface area contributed by atoms with Crippen molar-refractivity contribution in [3.05, 3.63) is 113 Å². The summed E-state index contributed by atoms with van der Waals surface area (Å²) in [4.78, 5) is 13.1.